The molecule has 0 spiro atoms. The molecule has 0 heterocycles. The van der Waals surface area contributed by atoms with Crippen LogP contribution in [0, 0.1) is 29.8 Å². The first-order valence-corrected chi connectivity index (χ1v) is 5.50. The summed E-state index contributed by atoms with van der Waals surface area (Å²) in [5.74, 6) is -0.808. The van der Waals surface area contributed by atoms with Gasteiger partial charge in [0.15, 0.2) is 0 Å². The van der Waals surface area contributed by atoms with Gasteiger partial charge in [0.25, 0.3) is 0 Å². The molecule has 3 nitrogen and oxygen atoms in total. The first-order valence-electron chi connectivity index (χ1n) is 5.50. The molecular formula is C14H12FNO2. The van der Waals surface area contributed by atoms with Crippen LogP contribution in [0.15, 0.2) is 36.4 Å². The number of halogens is 1. The van der Waals surface area contributed by atoms with Gasteiger partial charge < -0.3 is 0 Å². The van der Waals surface area contributed by atoms with Crippen LogP contribution < -0.4 is 0 Å². The molecule has 0 aromatic heterocycles. The molecule has 92 valence electrons. The van der Waals surface area contributed by atoms with Crippen LogP contribution in [0.4, 0.5) is 10.1 Å². The summed E-state index contributed by atoms with van der Waals surface area (Å²) in [6.07, 6.45) is 0. The molecule has 0 unspecified atom stereocenters. The van der Waals surface area contributed by atoms with Crippen molar-refractivity contribution in [3.05, 3.63) is 63.5 Å². The minimum atomic E-state index is -0.808. The Balaban J connectivity index is 2.52. The summed E-state index contributed by atoms with van der Waals surface area (Å²) < 4.78 is 13.6. The van der Waals surface area contributed by atoms with Gasteiger partial charge in [-0.1, -0.05) is 23.8 Å². The summed E-state index contributed by atoms with van der Waals surface area (Å²) in [7, 11) is 0. The second kappa shape index (κ2) is 4.56. The summed E-state index contributed by atoms with van der Waals surface area (Å²) in [4.78, 5) is 9.83. The molecule has 0 saturated heterocycles. The molecular weight excluding hydrogens is 233 g/mol. The van der Waals surface area contributed by atoms with Crippen molar-refractivity contribution in [2.75, 3.05) is 0 Å². The summed E-state index contributed by atoms with van der Waals surface area (Å²) in [6, 6.07) is 9.79. The van der Waals surface area contributed by atoms with E-state index in [1.54, 1.807) is 6.07 Å². The van der Waals surface area contributed by atoms with Crippen molar-refractivity contribution in [2.45, 2.75) is 13.8 Å². The standard InChI is InChI=1S/C14H12FNO2/c1-9-3-5-12(10(2)7-9)11-4-6-14(16(17)18)13(15)8-11/h3-8H,1-2H3. The van der Waals surface area contributed by atoms with Crippen molar-refractivity contribution in [3.8, 4) is 11.1 Å². The first kappa shape index (κ1) is 12.2. The molecule has 0 radical (unpaired) electrons. The first-order chi connectivity index (χ1) is 8.49. The van der Waals surface area contributed by atoms with Crippen LogP contribution in [-0.4, -0.2) is 4.92 Å². The number of rotatable bonds is 2. The SMILES string of the molecule is Cc1ccc(-c2ccc([N+](=O)[O-])c(F)c2)c(C)c1. The maximum absolute atomic E-state index is 13.6. The summed E-state index contributed by atoms with van der Waals surface area (Å²) in [5, 5.41) is 10.5. The lowest BCUT2D eigenvalue weighted by Crippen LogP contribution is -1.93. The molecule has 0 N–H and O–H groups in total. The number of hydrogen-bond donors (Lipinski definition) is 0. The van der Waals surface area contributed by atoms with E-state index in [1.165, 1.54) is 12.1 Å². The topological polar surface area (TPSA) is 43.1 Å². The van der Waals surface area contributed by atoms with Crippen LogP contribution in [0.2, 0.25) is 0 Å². The average Bonchev–Trinajstić information content (AvgIpc) is 2.28. The molecule has 2 rings (SSSR count). The zero-order valence-electron chi connectivity index (χ0n) is 10.1. The average molecular weight is 245 g/mol. The molecule has 0 aliphatic heterocycles. The number of nitrogens with zero attached hydrogens (tertiary/aromatic N) is 1. The van der Waals surface area contributed by atoms with Crippen LogP contribution in [0.1, 0.15) is 11.1 Å². The Bertz CT molecular complexity index is 623. The molecule has 0 bridgehead atoms. The fourth-order valence-electron chi connectivity index (χ4n) is 1.96. The Hall–Kier alpha value is -2.23. The minimum Gasteiger partial charge on any atom is -0.258 e. The van der Waals surface area contributed by atoms with Crippen LogP contribution >= 0.6 is 0 Å². The highest BCUT2D eigenvalue weighted by Crippen LogP contribution is 2.28. The maximum Gasteiger partial charge on any atom is 0.304 e. The van der Waals surface area contributed by atoms with Crippen molar-refractivity contribution in [1.29, 1.82) is 0 Å². The van der Waals surface area contributed by atoms with E-state index >= 15 is 0 Å². The Morgan fingerprint density at radius 3 is 2.39 bits per heavy atom. The second-order valence-electron chi connectivity index (χ2n) is 4.24. The lowest BCUT2D eigenvalue weighted by molar-refractivity contribution is -0.387. The van der Waals surface area contributed by atoms with Gasteiger partial charge >= 0.3 is 5.69 Å². The zero-order chi connectivity index (χ0) is 13.3. The monoisotopic (exact) mass is 245 g/mol. The zero-order valence-corrected chi connectivity index (χ0v) is 10.1. The predicted octanol–water partition coefficient (Wildman–Crippen LogP) is 4.02. The Labute approximate surface area is 104 Å². The van der Waals surface area contributed by atoms with Gasteiger partial charge in [-0.25, -0.2) is 0 Å². The predicted molar refractivity (Wildman–Crippen MR) is 68.0 cm³/mol. The summed E-state index contributed by atoms with van der Waals surface area (Å²) in [6.45, 7) is 3.91. The Morgan fingerprint density at radius 1 is 1.11 bits per heavy atom. The third-order valence-corrected chi connectivity index (χ3v) is 2.84. The molecule has 0 fully saturated rings. The maximum atomic E-state index is 13.6. The molecule has 0 amide bonds. The van der Waals surface area contributed by atoms with Crippen molar-refractivity contribution in [3.63, 3.8) is 0 Å². The van der Waals surface area contributed by atoms with Gasteiger partial charge in [0, 0.05) is 6.07 Å². The van der Waals surface area contributed by atoms with Gasteiger partial charge in [0.05, 0.1) is 4.92 Å². The van der Waals surface area contributed by atoms with E-state index in [2.05, 4.69) is 0 Å². The number of benzene rings is 2. The largest absolute Gasteiger partial charge is 0.304 e. The minimum absolute atomic E-state index is 0.497. The van der Waals surface area contributed by atoms with Gasteiger partial charge in [-0.3, -0.25) is 10.1 Å². The fourth-order valence-corrected chi connectivity index (χ4v) is 1.96. The smallest absolute Gasteiger partial charge is 0.258 e. The van der Waals surface area contributed by atoms with Gasteiger partial charge in [-0.05, 0) is 42.7 Å². The van der Waals surface area contributed by atoms with Crippen molar-refractivity contribution >= 4 is 5.69 Å². The van der Waals surface area contributed by atoms with E-state index in [9.17, 15) is 14.5 Å². The Kier molecular flexibility index (Phi) is 3.10. The normalized spacial score (nSPS) is 10.4. The molecule has 0 saturated carbocycles. The van der Waals surface area contributed by atoms with Crippen molar-refractivity contribution < 1.29 is 9.31 Å². The third kappa shape index (κ3) is 2.22. The molecule has 2 aromatic rings. The molecule has 0 atom stereocenters. The number of aryl methyl sites for hydroxylation is 2. The van der Waals surface area contributed by atoms with Crippen LogP contribution in [0.25, 0.3) is 11.1 Å². The quantitative estimate of drug-likeness (QED) is 0.592. The molecule has 2 aromatic carbocycles. The van der Waals surface area contributed by atoms with Gasteiger partial charge in [-0.15, -0.1) is 0 Å². The highest BCUT2D eigenvalue weighted by Gasteiger charge is 2.14. The van der Waals surface area contributed by atoms with Crippen molar-refractivity contribution in [1.82, 2.24) is 0 Å². The van der Waals surface area contributed by atoms with Gasteiger partial charge in [0.2, 0.25) is 5.82 Å². The van der Waals surface area contributed by atoms with Crippen LogP contribution in [0.5, 0.6) is 0 Å². The van der Waals surface area contributed by atoms with Gasteiger partial charge in [0.1, 0.15) is 0 Å². The van der Waals surface area contributed by atoms with E-state index < -0.39 is 16.4 Å². The molecule has 0 aliphatic rings. The van der Waals surface area contributed by atoms with Crippen LogP contribution in [0.3, 0.4) is 0 Å². The van der Waals surface area contributed by atoms with Gasteiger partial charge in [-0.2, -0.15) is 4.39 Å². The van der Waals surface area contributed by atoms with Crippen LogP contribution in [-0.2, 0) is 0 Å². The fraction of sp³-hybridized carbons (Fsp3) is 0.143. The number of hydrogen-bond acceptors (Lipinski definition) is 2. The lowest BCUT2D eigenvalue weighted by atomic mass is 9.98. The van der Waals surface area contributed by atoms with E-state index in [0.717, 1.165) is 16.7 Å². The third-order valence-electron chi connectivity index (χ3n) is 2.84. The highest BCUT2D eigenvalue weighted by atomic mass is 19.1. The number of nitro benzene ring substituents is 1. The lowest BCUT2D eigenvalue weighted by Gasteiger charge is -2.07. The highest BCUT2D eigenvalue weighted by molar-refractivity contribution is 5.68. The van der Waals surface area contributed by atoms with E-state index in [0.29, 0.717) is 5.56 Å². The van der Waals surface area contributed by atoms with Crippen molar-refractivity contribution in [2.24, 2.45) is 0 Å². The second-order valence-corrected chi connectivity index (χ2v) is 4.24. The number of nitro groups is 1. The van der Waals surface area contributed by atoms with E-state index in [-0.39, 0.29) is 0 Å². The van der Waals surface area contributed by atoms with E-state index in [1.807, 2.05) is 32.0 Å². The molecule has 0 aliphatic carbocycles. The molecule has 18 heavy (non-hydrogen) atoms. The Morgan fingerprint density at radius 2 is 1.83 bits per heavy atom. The summed E-state index contributed by atoms with van der Waals surface area (Å²) >= 11 is 0. The van der Waals surface area contributed by atoms with E-state index in [4.69, 9.17) is 0 Å². The molecule has 4 heteroatoms. The summed E-state index contributed by atoms with van der Waals surface area (Å²) in [5.41, 5.74) is 3.18.